The van der Waals surface area contributed by atoms with E-state index in [1.807, 2.05) is 22.9 Å². The van der Waals surface area contributed by atoms with Gasteiger partial charge in [-0.15, -0.1) is 5.10 Å². The van der Waals surface area contributed by atoms with Crippen molar-refractivity contribution in [3.05, 3.63) is 23.2 Å². The number of aromatic nitrogens is 3. The summed E-state index contributed by atoms with van der Waals surface area (Å²) in [7, 11) is 0. The van der Waals surface area contributed by atoms with E-state index in [0.29, 0.717) is 11.1 Å². The number of nitrogens with zero attached hydrogens (tertiary/aromatic N) is 3. The van der Waals surface area contributed by atoms with Crippen LogP contribution in [0.3, 0.4) is 0 Å². The molecule has 0 fully saturated rings. The first-order chi connectivity index (χ1) is 6.18. The van der Waals surface area contributed by atoms with Gasteiger partial charge in [0.15, 0.2) is 0 Å². The average molecular weight is 196 g/mol. The van der Waals surface area contributed by atoms with E-state index < -0.39 is 0 Å². The van der Waals surface area contributed by atoms with Crippen molar-refractivity contribution in [2.24, 2.45) is 0 Å². The van der Waals surface area contributed by atoms with Gasteiger partial charge in [0.2, 0.25) is 0 Å². The zero-order chi connectivity index (χ0) is 9.42. The molecule has 0 radical (unpaired) electrons. The van der Waals surface area contributed by atoms with Gasteiger partial charge in [-0.3, -0.25) is 0 Å². The van der Waals surface area contributed by atoms with Crippen LogP contribution in [-0.2, 0) is 0 Å². The third kappa shape index (κ3) is 1.40. The number of fused-ring (bicyclic) bond motifs is 1. The second kappa shape index (κ2) is 3.00. The standard InChI is InChI=1S/C9H10ClN3/c1-6(2)13-9-4-3-7(10)5-8(9)11-12-13/h3-6H,1-2H3. The van der Waals surface area contributed by atoms with Crippen LogP contribution >= 0.6 is 11.6 Å². The number of hydrogen-bond donors (Lipinski definition) is 0. The normalized spacial score (nSPS) is 11.4. The summed E-state index contributed by atoms with van der Waals surface area (Å²) in [5.74, 6) is 0. The Hall–Kier alpha value is -1.09. The van der Waals surface area contributed by atoms with Crippen molar-refractivity contribution >= 4 is 22.6 Å². The maximum Gasteiger partial charge on any atom is 0.114 e. The second-order valence-corrected chi connectivity index (χ2v) is 3.70. The summed E-state index contributed by atoms with van der Waals surface area (Å²) in [6.07, 6.45) is 0. The first-order valence-electron chi connectivity index (χ1n) is 4.19. The summed E-state index contributed by atoms with van der Waals surface area (Å²) in [6.45, 7) is 4.14. The molecule has 1 heterocycles. The highest BCUT2D eigenvalue weighted by molar-refractivity contribution is 6.31. The van der Waals surface area contributed by atoms with Crippen LogP contribution in [0.2, 0.25) is 5.02 Å². The Bertz CT molecular complexity index is 433. The third-order valence-electron chi connectivity index (χ3n) is 1.92. The Morgan fingerprint density at radius 2 is 2.15 bits per heavy atom. The van der Waals surface area contributed by atoms with E-state index >= 15 is 0 Å². The van der Waals surface area contributed by atoms with Crippen molar-refractivity contribution in [3.63, 3.8) is 0 Å². The van der Waals surface area contributed by atoms with Crippen molar-refractivity contribution in [2.45, 2.75) is 19.9 Å². The molecule has 0 aliphatic carbocycles. The molecule has 0 unspecified atom stereocenters. The van der Waals surface area contributed by atoms with Gasteiger partial charge in [0.25, 0.3) is 0 Å². The van der Waals surface area contributed by atoms with Crippen molar-refractivity contribution in [3.8, 4) is 0 Å². The molecule has 13 heavy (non-hydrogen) atoms. The molecular weight excluding hydrogens is 186 g/mol. The van der Waals surface area contributed by atoms with Crippen LogP contribution in [0.15, 0.2) is 18.2 Å². The quantitative estimate of drug-likeness (QED) is 0.701. The molecule has 0 amide bonds. The van der Waals surface area contributed by atoms with E-state index in [1.54, 1.807) is 0 Å². The van der Waals surface area contributed by atoms with Gasteiger partial charge < -0.3 is 0 Å². The SMILES string of the molecule is CC(C)n1nnc2cc(Cl)ccc21. The van der Waals surface area contributed by atoms with Gasteiger partial charge in [-0.1, -0.05) is 16.8 Å². The fourth-order valence-electron chi connectivity index (χ4n) is 1.30. The minimum Gasteiger partial charge on any atom is -0.242 e. The molecule has 2 aromatic rings. The van der Waals surface area contributed by atoms with Crippen LogP contribution in [0.25, 0.3) is 11.0 Å². The van der Waals surface area contributed by atoms with Gasteiger partial charge in [0.05, 0.1) is 5.52 Å². The highest BCUT2D eigenvalue weighted by atomic mass is 35.5. The van der Waals surface area contributed by atoms with E-state index in [4.69, 9.17) is 11.6 Å². The van der Waals surface area contributed by atoms with E-state index in [9.17, 15) is 0 Å². The Kier molecular flexibility index (Phi) is 1.96. The first-order valence-corrected chi connectivity index (χ1v) is 4.57. The molecular formula is C9H10ClN3. The molecule has 68 valence electrons. The van der Waals surface area contributed by atoms with Gasteiger partial charge in [0.1, 0.15) is 5.52 Å². The molecule has 0 saturated heterocycles. The molecule has 2 rings (SSSR count). The molecule has 0 saturated carbocycles. The Morgan fingerprint density at radius 1 is 1.38 bits per heavy atom. The van der Waals surface area contributed by atoms with E-state index in [1.165, 1.54) is 0 Å². The monoisotopic (exact) mass is 195 g/mol. The molecule has 0 atom stereocenters. The Morgan fingerprint density at radius 3 is 2.85 bits per heavy atom. The third-order valence-corrected chi connectivity index (χ3v) is 2.16. The zero-order valence-electron chi connectivity index (χ0n) is 7.53. The summed E-state index contributed by atoms with van der Waals surface area (Å²) in [4.78, 5) is 0. The van der Waals surface area contributed by atoms with Gasteiger partial charge >= 0.3 is 0 Å². The highest BCUT2D eigenvalue weighted by Gasteiger charge is 2.06. The van der Waals surface area contributed by atoms with Crippen LogP contribution in [-0.4, -0.2) is 15.0 Å². The minimum atomic E-state index is 0.325. The van der Waals surface area contributed by atoms with Crippen LogP contribution in [0.4, 0.5) is 0 Å². The van der Waals surface area contributed by atoms with Crippen molar-refractivity contribution in [1.82, 2.24) is 15.0 Å². The van der Waals surface area contributed by atoms with Gasteiger partial charge in [-0.25, -0.2) is 4.68 Å². The summed E-state index contributed by atoms with van der Waals surface area (Å²) in [6, 6.07) is 5.94. The predicted molar refractivity (Wildman–Crippen MR) is 52.9 cm³/mol. The molecule has 4 heteroatoms. The first kappa shape index (κ1) is 8.51. The maximum atomic E-state index is 5.83. The fraction of sp³-hybridized carbons (Fsp3) is 0.333. The lowest BCUT2D eigenvalue weighted by Crippen LogP contribution is -2.02. The number of rotatable bonds is 1. The van der Waals surface area contributed by atoms with Gasteiger partial charge in [-0.05, 0) is 32.0 Å². The van der Waals surface area contributed by atoms with Crippen molar-refractivity contribution in [2.75, 3.05) is 0 Å². The topological polar surface area (TPSA) is 30.7 Å². The van der Waals surface area contributed by atoms with Crippen LogP contribution < -0.4 is 0 Å². The molecule has 0 aliphatic heterocycles. The minimum absolute atomic E-state index is 0.325. The molecule has 0 N–H and O–H groups in total. The molecule has 3 nitrogen and oxygen atoms in total. The molecule has 0 spiro atoms. The van der Waals surface area contributed by atoms with Crippen molar-refractivity contribution in [1.29, 1.82) is 0 Å². The number of halogens is 1. The van der Waals surface area contributed by atoms with E-state index in [-0.39, 0.29) is 0 Å². The maximum absolute atomic E-state index is 5.83. The largest absolute Gasteiger partial charge is 0.242 e. The van der Waals surface area contributed by atoms with E-state index in [0.717, 1.165) is 11.0 Å². The highest BCUT2D eigenvalue weighted by Crippen LogP contribution is 2.19. The lowest BCUT2D eigenvalue weighted by Gasteiger charge is -2.04. The average Bonchev–Trinajstić information content (AvgIpc) is 2.46. The van der Waals surface area contributed by atoms with Gasteiger partial charge in [0, 0.05) is 11.1 Å². The lowest BCUT2D eigenvalue weighted by atomic mass is 10.3. The predicted octanol–water partition coefficient (Wildman–Crippen LogP) is 2.67. The summed E-state index contributed by atoms with van der Waals surface area (Å²) in [5, 5.41) is 8.77. The molecule has 0 bridgehead atoms. The summed E-state index contributed by atoms with van der Waals surface area (Å²) >= 11 is 5.83. The Labute approximate surface area is 81.3 Å². The number of benzene rings is 1. The summed E-state index contributed by atoms with van der Waals surface area (Å²) in [5.41, 5.74) is 1.88. The zero-order valence-corrected chi connectivity index (χ0v) is 8.28. The smallest absolute Gasteiger partial charge is 0.114 e. The number of hydrogen-bond acceptors (Lipinski definition) is 2. The van der Waals surface area contributed by atoms with Crippen molar-refractivity contribution < 1.29 is 0 Å². The van der Waals surface area contributed by atoms with Gasteiger partial charge in [-0.2, -0.15) is 0 Å². The second-order valence-electron chi connectivity index (χ2n) is 3.26. The molecule has 1 aromatic carbocycles. The summed E-state index contributed by atoms with van der Waals surface area (Å²) < 4.78 is 1.88. The van der Waals surface area contributed by atoms with E-state index in [2.05, 4.69) is 24.2 Å². The Balaban J connectivity index is 2.69. The molecule has 1 aromatic heterocycles. The van der Waals surface area contributed by atoms with Crippen LogP contribution in [0.1, 0.15) is 19.9 Å². The molecule has 0 aliphatic rings. The lowest BCUT2D eigenvalue weighted by molar-refractivity contribution is 0.530. The fourth-order valence-corrected chi connectivity index (χ4v) is 1.46. The van der Waals surface area contributed by atoms with Crippen LogP contribution in [0.5, 0.6) is 0 Å². The van der Waals surface area contributed by atoms with Crippen LogP contribution in [0, 0.1) is 0 Å².